The summed E-state index contributed by atoms with van der Waals surface area (Å²) in [6.07, 6.45) is 0. The van der Waals surface area contributed by atoms with Crippen molar-refractivity contribution in [1.29, 1.82) is 0 Å². The summed E-state index contributed by atoms with van der Waals surface area (Å²) >= 11 is 0. The Morgan fingerprint density at radius 1 is 1.05 bits per heavy atom. The zero-order valence-electron chi connectivity index (χ0n) is 12.1. The summed E-state index contributed by atoms with van der Waals surface area (Å²) in [5, 5.41) is 0. The van der Waals surface area contributed by atoms with E-state index in [0.717, 1.165) is 0 Å². The van der Waals surface area contributed by atoms with Crippen molar-refractivity contribution in [3.63, 3.8) is 0 Å². The molecule has 5 heteroatoms. The average Bonchev–Trinajstić information content (AvgIpc) is 2.35. The highest BCUT2D eigenvalue weighted by molar-refractivity contribution is 5.79. The summed E-state index contributed by atoms with van der Waals surface area (Å²) in [4.78, 5) is 23.9. The van der Waals surface area contributed by atoms with Crippen LogP contribution < -0.4 is 11.5 Å². The van der Waals surface area contributed by atoms with Gasteiger partial charge in [-0.05, 0) is 17.4 Å². The monoisotopic (exact) mass is 277 g/mol. The maximum absolute atomic E-state index is 11.1. The Balaban J connectivity index is 2.85. The highest BCUT2D eigenvalue weighted by Crippen LogP contribution is 2.25. The van der Waals surface area contributed by atoms with E-state index in [9.17, 15) is 9.59 Å². The molecule has 4 N–H and O–H groups in total. The third-order valence-electron chi connectivity index (χ3n) is 3.25. The van der Waals surface area contributed by atoms with Gasteiger partial charge in [-0.2, -0.15) is 0 Å². The summed E-state index contributed by atoms with van der Waals surface area (Å²) < 4.78 is 0. The molecule has 110 valence electrons. The molecule has 0 spiro atoms. The van der Waals surface area contributed by atoms with Crippen molar-refractivity contribution in [2.24, 2.45) is 17.4 Å². The van der Waals surface area contributed by atoms with Crippen LogP contribution in [0.5, 0.6) is 0 Å². The van der Waals surface area contributed by atoms with E-state index >= 15 is 0 Å². The summed E-state index contributed by atoms with van der Waals surface area (Å²) in [5.41, 5.74) is 11.6. The summed E-state index contributed by atoms with van der Waals surface area (Å²) in [6.45, 7) is 4.89. The molecule has 0 saturated carbocycles. The number of nitrogens with zero attached hydrogens (tertiary/aromatic N) is 1. The predicted molar refractivity (Wildman–Crippen MR) is 78.8 cm³/mol. The first-order valence-electron chi connectivity index (χ1n) is 6.74. The van der Waals surface area contributed by atoms with E-state index in [2.05, 4.69) is 26.0 Å². The molecule has 0 aromatic heterocycles. The molecule has 1 aromatic rings. The van der Waals surface area contributed by atoms with Crippen molar-refractivity contribution in [2.45, 2.75) is 19.8 Å². The fourth-order valence-electron chi connectivity index (χ4n) is 2.31. The molecule has 0 radical (unpaired) electrons. The Morgan fingerprint density at radius 2 is 1.55 bits per heavy atom. The van der Waals surface area contributed by atoms with Gasteiger partial charge in [0.2, 0.25) is 11.8 Å². The Labute approximate surface area is 119 Å². The molecule has 20 heavy (non-hydrogen) atoms. The molecule has 2 amide bonds. The van der Waals surface area contributed by atoms with Gasteiger partial charge >= 0.3 is 0 Å². The second-order valence-electron chi connectivity index (χ2n) is 5.36. The third-order valence-corrected chi connectivity index (χ3v) is 3.25. The van der Waals surface area contributed by atoms with Crippen molar-refractivity contribution < 1.29 is 9.59 Å². The van der Waals surface area contributed by atoms with Gasteiger partial charge < -0.3 is 11.5 Å². The van der Waals surface area contributed by atoms with E-state index in [0.29, 0.717) is 12.5 Å². The number of carbonyl (C=O) groups is 2. The van der Waals surface area contributed by atoms with Crippen LogP contribution in [0, 0.1) is 5.92 Å². The van der Waals surface area contributed by atoms with Crippen LogP contribution in [0.3, 0.4) is 0 Å². The molecular formula is C15H23N3O2. The summed E-state index contributed by atoms with van der Waals surface area (Å²) in [7, 11) is 0. The maximum Gasteiger partial charge on any atom is 0.231 e. The van der Waals surface area contributed by atoms with Crippen LogP contribution in [0.25, 0.3) is 0 Å². The summed E-state index contributed by atoms with van der Waals surface area (Å²) in [6, 6.07) is 10.0. The van der Waals surface area contributed by atoms with Crippen molar-refractivity contribution in [3.05, 3.63) is 35.9 Å². The molecule has 0 saturated heterocycles. The van der Waals surface area contributed by atoms with E-state index in [1.165, 1.54) is 5.56 Å². The standard InChI is InChI=1S/C15H23N3O2/c1-11(2)13(12-6-4-3-5-7-12)8-18(9-14(16)19)10-15(17)20/h3-7,11,13H,8-10H2,1-2H3,(H2,16,19)(H2,17,20)/t13-/m0/s1. The number of nitrogens with two attached hydrogens (primary N) is 2. The number of rotatable bonds is 8. The van der Waals surface area contributed by atoms with Crippen molar-refractivity contribution >= 4 is 11.8 Å². The number of hydrogen-bond donors (Lipinski definition) is 2. The quantitative estimate of drug-likeness (QED) is 0.733. The first-order chi connectivity index (χ1) is 9.40. The normalized spacial score (nSPS) is 12.6. The molecule has 0 heterocycles. The van der Waals surface area contributed by atoms with Crippen molar-refractivity contribution in [2.75, 3.05) is 19.6 Å². The van der Waals surface area contributed by atoms with Gasteiger partial charge in [0, 0.05) is 6.54 Å². The average molecular weight is 277 g/mol. The number of primary amides is 2. The van der Waals surface area contributed by atoms with E-state index in [-0.39, 0.29) is 19.0 Å². The molecule has 5 nitrogen and oxygen atoms in total. The van der Waals surface area contributed by atoms with Gasteiger partial charge in [-0.15, -0.1) is 0 Å². The van der Waals surface area contributed by atoms with E-state index in [4.69, 9.17) is 11.5 Å². The number of benzene rings is 1. The zero-order chi connectivity index (χ0) is 15.1. The maximum atomic E-state index is 11.1. The topological polar surface area (TPSA) is 89.4 Å². The van der Waals surface area contributed by atoms with E-state index < -0.39 is 11.8 Å². The molecule has 0 aliphatic carbocycles. The zero-order valence-corrected chi connectivity index (χ0v) is 12.1. The second-order valence-corrected chi connectivity index (χ2v) is 5.36. The lowest BCUT2D eigenvalue weighted by Crippen LogP contribution is -2.42. The first kappa shape index (κ1) is 16.2. The molecule has 0 aliphatic heterocycles. The second kappa shape index (κ2) is 7.65. The van der Waals surface area contributed by atoms with Gasteiger partial charge in [-0.1, -0.05) is 44.2 Å². The van der Waals surface area contributed by atoms with Crippen LogP contribution in [0.1, 0.15) is 25.3 Å². The molecule has 0 aliphatic rings. The predicted octanol–water partition coefficient (Wildman–Crippen LogP) is 0.699. The van der Waals surface area contributed by atoms with Crippen molar-refractivity contribution in [1.82, 2.24) is 4.90 Å². The van der Waals surface area contributed by atoms with E-state index in [1.807, 2.05) is 18.2 Å². The highest BCUT2D eigenvalue weighted by atomic mass is 16.2. The van der Waals surface area contributed by atoms with Crippen LogP contribution in [0.4, 0.5) is 0 Å². The first-order valence-corrected chi connectivity index (χ1v) is 6.74. The lowest BCUT2D eigenvalue weighted by Gasteiger charge is -2.28. The molecule has 0 unspecified atom stereocenters. The van der Waals surface area contributed by atoms with Crippen LogP contribution >= 0.6 is 0 Å². The van der Waals surface area contributed by atoms with Gasteiger partial charge in [0.05, 0.1) is 13.1 Å². The Bertz CT molecular complexity index is 430. The van der Waals surface area contributed by atoms with Crippen LogP contribution in [0.2, 0.25) is 0 Å². The minimum Gasteiger partial charge on any atom is -0.369 e. The number of carbonyl (C=O) groups excluding carboxylic acids is 2. The molecule has 1 aromatic carbocycles. The molecule has 1 rings (SSSR count). The fraction of sp³-hybridized carbons (Fsp3) is 0.467. The highest BCUT2D eigenvalue weighted by Gasteiger charge is 2.21. The lowest BCUT2D eigenvalue weighted by molar-refractivity contribution is -0.122. The number of hydrogen-bond acceptors (Lipinski definition) is 3. The molecule has 1 atom stereocenters. The van der Waals surface area contributed by atoms with Gasteiger partial charge in [-0.25, -0.2) is 0 Å². The van der Waals surface area contributed by atoms with Gasteiger partial charge in [-0.3, -0.25) is 14.5 Å². The molecular weight excluding hydrogens is 254 g/mol. The van der Waals surface area contributed by atoms with Crippen LogP contribution in [-0.4, -0.2) is 36.3 Å². The Hall–Kier alpha value is -1.88. The SMILES string of the molecule is CC(C)[C@H](CN(CC(N)=O)CC(N)=O)c1ccccc1. The largest absolute Gasteiger partial charge is 0.369 e. The third kappa shape index (κ3) is 5.40. The Morgan fingerprint density at radius 3 is 1.95 bits per heavy atom. The van der Waals surface area contributed by atoms with Crippen LogP contribution in [-0.2, 0) is 9.59 Å². The smallest absolute Gasteiger partial charge is 0.231 e. The fourth-order valence-corrected chi connectivity index (χ4v) is 2.31. The van der Waals surface area contributed by atoms with Gasteiger partial charge in [0.25, 0.3) is 0 Å². The number of amides is 2. The Kier molecular flexibility index (Phi) is 6.18. The van der Waals surface area contributed by atoms with Crippen molar-refractivity contribution in [3.8, 4) is 0 Å². The molecule has 0 bridgehead atoms. The summed E-state index contributed by atoms with van der Waals surface area (Å²) in [5.74, 6) is -0.320. The lowest BCUT2D eigenvalue weighted by atomic mass is 9.88. The van der Waals surface area contributed by atoms with Crippen LogP contribution in [0.15, 0.2) is 30.3 Å². The van der Waals surface area contributed by atoms with E-state index in [1.54, 1.807) is 4.90 Å². The minimum absolute atomic E-state index is 0.0407. The van der Waals surface area contributed by atoms with Gasteiger partial charge in [0.1, 0.15) is 0 Å². The van der Waals surface area contributed by atoms with Gasteiger partial charge in [0.15, 0.2) is 0 Å². The minimum atomic E-state index is -0.457. The molecule has 0 fully saturated rings.